The number of anilines is 1. The second kappa shape index (κ2) is 6.85. The molecule has 0 saturated carbocycles. The van der Waals surface area contributed by atoms with Crippen LogP contribution < -0.4 is 9.80 Å². The molecule has 1 amide bonds. The molecule has 0 radical (unpaired) electrons. The molecule has 0 spiro atoms. The second-order valence-corrected chi connectivity index (χ2v) is 9.32. The van der Waals surface area contributed by atoms with E-state index in [9.17, 15) is 13.2 Å². The van der Waals surface area contributed by atoms with Crippen molar-refractivity contribution in [1.29, 1.82) is 0 Å². The van der Waals surface area contributed by atoms with Crippen molar-refractivity contribution < 1.29 is 18.1 Å². The third kappa shape index (κ3) is 3.39. The van der Waals surface area contributed by atoms with Crippen molar-refractivity contribution in [1.82, 2.24) is 0 Å². The second-order valence-electron chi connectivity index (χ2n) is 7.17. The van der Waals surface area contributed by atoms with Crippen LogP contribution in [0.2, 0.25) is 0 Å². The Morgan fingerprint density at radius 3 is 2.31 bits per heavy atom. The Balaban J connectivity index is 1.59. The van der Waals surface area contributed by atoms with E-state index in [0.29, 0.717) is 6.54 Å². The van der Waals surface area contributed by atoms with E-state index in [0.717, 1.165) is 23.6 Å². The topological polar surface area (TPSA) is 58.9 Å². The molecule has 1 N–H and O–H groups in total. The fraction of sp³-hybridized carbons (Fsp3) is 0.350. The normalized spacial score (nSPS) is 27.3. The molecule has 2 fully saturated rings. The zero-order valence-corrected chi connectivity index (χ0v) is 15.4. The maximum Gasteiger partial charge on any atom is 0.282 e. The number of hydrogen-bond donors (Lipinski definition) is 1. The molecule has 5 nitrogen and oxygen atoms in total. The molecule has 2 heterocycles. The van der Waals surface area contributed by atoms with Crippen LogP contribution in [0.15, 0.2) is 60.7 Å². The third-order valence-electron chi connectivity index (χ3n) is 5.44. The van der Waals surface area contributed by atoms with Crippen LogP contribution in [0.5, 0.6) is 0 Å². The van der Waals surface area contributed by atoms with Gasteiger partial charge in [-0.05, 0) is 17.7 Å². The average molecular weight is 371 g/mol. The summed E-state index contributed by atoms with van der Waals surface area (Å²) in [5.74, 6) is 0.239. The Kier molecular flexibility index (Phi) is 4.54. The lowest BCUT2D eigenvalue weighted by molar-refractivity contribution is -0.917. The molecule has 1 unspecified atom stereocenters. The van der Waals surface area contributed by atoms with Gasteiger partial charge in [-0.2, -0.15) is 0 Å². The Morgan fingerprint density at radius 2 is 1.62 bits per heavy atom. The van der Waals surface area contributed by atoms with Gasteiger partial charge in [-0.25, -0.2) is 8.42 Å². The van der Waals surface area contributed by atoms with Crippen molar-refractivity contribution in [2.24, 2.45) is 0 Å². The summed E-state index contributed by atoms with van der Waals surface area (Å²) in [6, 6.07) is 19.3. The average Bonchev–Trinajstić information content (AvgIpc) is 2.96. The van der Waals surface area contributed by atoms with E-state index in [-0.39, 0.29) is 29.5 Å². The lowest BCUT2D eigenvalue weighted by atomic mass is 10.0. The van der Waals surface area contributed by atoms with E-state index in [2.05, 4.69) is 12.1 Å². The summed E-state index contributed by atoms with van der Waals surface area (Å²) in [6.07, 6.45) is 0.845. The van der Waals surface area contributed by atoms with Gasteiger partial charge in [0.15, 0.2) is 16.4 Å². The van der Waals surface area contributed by atoms with Gasteiger partial charge in [0.2, 0.25) is 0 Å². The van der Waals surface area contributed by atoms with Gasteiger partial charge < -0.3 is 4.90 Å². The lowest BCUT2D eigenvalue weighted by Crippen LogP contribution is -3.20. The summed E-state index contributed by atoms with van der Waals surface area (Å²) in [4.78, 5) is 15.7. The van der Waals surface area contributed by atoms with Gasteiger partial charge in [-0.15, -0.1) is 0 Å². The molecule has 0 aliphatic carbocycles. The Hall–Kier alpha value is -2.18. The number of rotatable bonds is 4. The first-order valence-corrected chi connectivity index (χ1v) is 10.8. The summed E-state index contributed by atoms with van der Waals surface area (Å²) in [6.45, 7) is 1.12. The predicted octanol–water partition coefficient (Wildman–Crippen LogP) is 0.326. The van der Waals surface area contributed by atoms with Crippen molar-refractivity contribution in [3.05, 3.63) is 66.2 Å². The molecular weight excluding hydrogens is 348 g/mol. The van der Waals surface area contributed by atoms with Gasteiger partial charge in [0.1, 0.15) is 17.8 Å². The third-order valence-corrected chi connectivity index (χ3v) is 7.15. The molecule has 26 heavy (non-hydrogen) atoms. The van der Waals surface area contributed by atoms with Crippen LogP contribution >= 0.6 is 0 Å². The van der Waals surface area contributed by atoms with Crippen molar-refractivity contribution in [3.63, 3.8) is 0 Å². The number of piperazine rings is 1. The summed E-state index contributed by atoms with van der Waals surface area (Å²) < 4.78 is 24.7. The minimum atomic E-state index is -3.12. The number of para-hydroxylation sites is 1. The zero-order valence-electron chi connectivity index (χ0n) is 14.5. The molecule has 2 aromatic carbocycles. The minimum Gasteiger partial charge on any atom is -0.322 e. The van der Waals surface area contributed by atoms with Gasteiger partial charge in [-0.1, -0.05) is 48.5 Å². The summed E-state index contributed by atoms with van der Waals surface area (Å²) >= 11 is 0. The SMILES string of the molecule is O=C1C[NH+](CCc2ccccc2)[C@H]2CS(=O)(=O)C[C@H]2N1c1ccccc1. The number of nitrogens with one attached hydrogen (secondary N) is 1. The predicted molar refractivity (Wildman–Crippen MR) is 101 cm³/mol. The number of nitrogens with zero attached hydrogens (tertiary/aromatic N) is 1. The van der Waals surface area contributed by atoms with Gasteiger partial charge in [0, 0.05) is 12.1 Å². The molecule has 136 valence electrons. The quantitative estimate of drug-likeness (QED) is 0.843. The first kappa shape index (κ1) is 17.2. The maximum atomic E-state index is 12.9. The van der Waals surface area contributed by atoms with Crippen LogP contribution in [0.1, 0.15) is 5.56 Å². The van der Waals surface area contributed by atoms with E-state index < -0.39 is 9.84 Å². The number of benzene rings is 2. The highest BCUT2D eigenvalue weighted by atomic mass is 32.2. The number of amides is 1. The summed E-state index contributed by atoms with van der Waals surface area (Å²) in [5.41, 5.74) is 2.02. The fourth-order valence-electron chi connectivity index (χ4n) is 4.22. The van der Waals surface area contributed by atoms with E-state index in [4.69, 9.17) is 0 Å². The largest absolute Gasteiger partial charge is 0.322 e. The molecule has 2 aromatic rings. The molecule has 0 bridgehead atoms. The van der Waals surface area contributed by atoms with Crippen LogP contribution in [-0.4, -0.2) is 51.0 Å². The number of carbonyl (C=O) groups is 1. The number of fused-ring (bicyclic) bond motifs is 1. The minimum absolute atomic E-state index is 0.0117. The molecule has 3 atom stereocenters. The van der Waals surface area contributed by atoms with E-state index >= 15 is 0 Å². The molecule has 4 rings (SSSR count). The fourth-order valence-corrected chi connectivity index (χ4v) is 6.26. The van der Waals surface area contributed by atoms with Crippen molar-refractivity contribution in [2.75, 3.05) is 29.5 Å². The van der Waals surface area contributed by atoms with Crippen molar-refractivity contribution in [3.8, 4) is 0 Å². The molecular formula is C20H23N2O3S+. The highest BCUT2D eigenvalue weighted by molar-refractivity contribution is 7.91. The van der Waals surface area contributed by atoms with Gasteiger partial charge in [0.05, 0.1) is 12.3 Å². The van der Waals surface area contributed by atoms with Crippen LogP contribution in [0, 0.1) is 0 Å². The van der Waals surface area contributed by atoms with E-state index in [1.165, 1.54) is 5.56 Å². The molecule has 2 aliphatic heterocycles. The monoisotopic (exact) mass is 371 g/mol. The first-order valence-electron chi connectivity index (χ1n) is 8.99. The maximum absolute atomic E-state index is 12.9. The van der Waals surface area contributed by atoms with Crippen LogP contribution in [-0.2, 0) is 21.1 Å². The highest BCUT2D eigenvalue weighted by Gasteiger charge is 2.52. The number of quaternary nitrogens is 1. The standard InChI is InChI=1S/C20H22N2O3S/c23-20-13-21(12-11-16-7-3-1-4-8-16)18-14-26(24,25)15-19(18)22(20)17-9-5-2-6-10-17/h1-10,18-19H,11-15H2/p+1/t18-,19+/m0/s1. The molecule has 0 aromatic heterocycles. The molecule has 6 heteroatoms. The number of hydrogen-bond acceptors (Lipinski definition) is 3. The summed E-state index contributed by atoms with van der Waals surface area (Å²) in [7, 11) is -3.12. The van der Waals surface area contributed by atoms with Crippen molar-refractivity contribution >= 4 is 21.4 Å². The number of sulfone groups is 1. The van der Waals surface area contributed by atoms with Crippen LogP contribution in [0.25, 0.3) is 0 Å². The lowest BCUT2D eigenvalue weighted by Gasteiger charge is -2.40. The Morgan fingerprint density at radius 1 is 0.962 bits per heavy atom. The summed E-state index contributed by atoms with van der Waals surface area (Å²) in [5, 5.41) is 0. The molecule has 2 saturated heterocycles. The van der Waals surface area contributed by atoms with Gasteiger partial charge >= 0.3 is 0 Å². The van der Waals surface area contributed by atoms with Gasteiger partial charge in [0.25, 0.3) is 5.91 Å². The number of carbonyl (C=O) groups excluding carboxylic acids is 1. The highest BCUT2D eigenvalue weighted by Crippen LogP contribution is 2.25. The van der Waals surface area contributed by atoms with Crippen LogP contribution in [0.4, 0.5) is 5.69 Å². The first-order chi connectivity index (χ1) is 12.5. The van der Waals surface area contributed by atoms with Crippen molar-refractivity contribution in [2.45, 2.75) is 18.5 Å². The Labute approximate surface area is 154 Å². The van der Waals surface area contributed by atoms with E-state index in [1.54, 1.807) is 4.90 Å². The Bertz CT molecular complexity index is 884. The molecule has 2 aliphatic rings. The zero-order chi connectivity index (χ0) is 18.1. The van der Waals surface area contributed by atoms with Gasteiger partial charge in [-0.3, -0.25) is 9.69 Å². The van der Waals surface area contributed by atoms with E-state index in [1.807, 2.05) is 48.5 Å². The smallest absolute Gasteiger partial charge is 0.282 e. The van der Waals surface area contributed by atoms with Crippen LogP contribution in [0.3, 0.4) is 0 Å².